The van der Waals surface area contributed by atoms with Crippen molar-refractivity contribution in [3.63, 3.8) is 0 Å². The lowest BCUT2D eigenvalue weighted by Gasteiger charge is -2.27. The lowest BCUT2D eigenvalue weighted by molar-refractivity contribution is -0.119. The zero-order valence-electron chi connectivity index (χ0n) is 8.90. The number of amides is 1. The van der Waals surface area contributed by atoms with Gasteiger partial charge in [-0.3, -0.25) is 4.79 Å². The summed E-state index contributed by atoms with van der Waals surface area (Å²) >= 11 is 0. The third kappa shape index (κ3) is 2.70. The fraction of sp³-hybridized carbons (Fsp3) is 0.875. The predicted molar refractivity (Wildman–Crippen MR) is 57.9 cm³/mol. The van der Waals surface area contributed by atoms with Gasteiger partial charge in [0.2, 0.25) is 5.91 Å². The molecule has 0 spiro atoms. The molecule has 0 saturated carbocycles. The van der Waals surface area contributed by atoms with Crippen LogP contribution in [0.3, 0.4) is 0 Å². The van der Waals surface area contributed by atoms with Gasteiger partial charge in [-0.2, -0.15) is 17.4 Å². The maximum absolute atomic E-state index is 11.9. The van der Waals surface area contributed by atoms with E-state index >= 15 is 0 Å². The lowest BCUT2D eigenvalue weighted by atomic mass is 10.3. The second-order valence-electron chi connectivity index (χ2n) is 3.98. The highest BCUT2D eigenvalue weighted by atomic mass is 32.2. The molecular formula is C8H16N4O3S. The van der Waals surface area contributed by atoms with Gasteiger partial charge in [0, 0.05) is 45.2 Å². The van der Waals surface area contributed by atoms with Crippen LogP contribution in [0.2, 0.25) is 0 Å². The molecule has 0 aromatic rings. The van der Waals surface area contributed by atoms with Crippen molar-refractivity contribution >= 4 is 16.1 Å². The Labute approximate surface area is 94.7 Å². The summed E-state index contributed by atoms with van der Waals surface area (Å²) in [6.07, 6.45) is 0.227. The van der Waals surface area contributed by atoms with Gasteiger partial charge in [-0.25, -0.2) is 0 Å². The molecule has 0 aliphatic carbocycles. The SMILES string of the molecule is O=C1CC(NS(=O)(=O)N2CCNCC2)CN1. The highest BCUT2D eigenvalue weighted by Gasteiger charge is 2.30. The third-order valence-corrected chi connectivity index (χ3v) is 4.39. The van der Waals surface area contributed by atoms with Crippen molar-refractivity contribution < 1.29 is 13.2 Å². The Balaban J connectivity index is 1.93. The van der Waals surface area contributed by atoms with Gasteiger partial charge >= 0.3 is 0 Å². The molecule has 1 unspecified atom stereocenters. The average Bonchev–Trinajstić information content (AvgIpc) is 2.64. The minimum Gasteiger partial charge on any atom is -0.354 e. The monoisotopic (exact) mass is 248 g/mol. The maximum atomic E-state index is 11.9. The first-order valence-electron chi connectivity index (χ1n) is 5.33. The first kappa shape index (κ1) is 11.8. The Kier molecular flexibility index (Phi) is 3.43. The number of carbonyl (C=O) groups excluding carboxylic acids is 1. The summed E-state index contributed by atoms with van der Waals surface area (Å²) in [7, 11) is -3.44. The number of hydrogen-bond acceptors (Lipinski definition) is 4. The Morgan fingerprint density at radius 2 is 2.00 bits per heavy atom. The molecule has 16 heavy (non-hydrogen) atoms. The van der Waals surface area contributed by atoms with Crippen molar-refractivity contribution in [1.29, 1.82) is 0 Å². The zero-order valence-corrected chi connectivity index (χ0v) is 9.72. The van der Waals surface area contributed by atoms with Crippen LogP contribution in [0.25, 0.3) is 0 Å². The van der Waals surface area contributed by atoms with Crippen LogP contribution in [0.15, 0.2) is 0 Å². The van der Waals surface area contributed by atoms with Crippen molar-refractivity contribution in [2.45, 2.75) is 12.5 Å². The van der Waals surface area contributed by atoms with E-state index in [1.807, 2.05) is 0 Å². The first-order valence-corrected chi connectivity index (χ1v) is 6.77. The molecule has 2 aliphatic rings. The fourth-order valence-electron chi connectivity index (χ4n) is 1.86. The second kappa shape index (κ2) is 4.66. The van der Waals surface area contributed by atoms with Crippen LogP contribution in [0, 0.1) is 0 Å². The summed E-state index contributed by atoms with van der Waals surface area (Å²) in [6.45, 7) is 2.67. The quantitative estimate of drug-likeness (QED) is 0.520. The molecule has 0 radical (unpaired) electrons. The van der Waals surface area contributed by atoms with Gasteiger partial charge in [0.15, 0.2) is 0 Å². The normalized spacial score (nSPS) is 28.0. The second-order valence-corrected chi connectivity index (χ2v) is 5.68. The maximum Gasteiger partial charge on any atom is 0.279 e. The fourth-order valence-corrected chi connectivity index (χ4v) is 3.26. The van der Waals surface area contributed by atoms with E-state index in [0.717, 1.165) is 0 Å². The van der Waals surface area contributed by atoms with Gasteiger partial charge < -0.3 is 10.6 Å². The Morgan fingerprint density at radius 1 is 1.31 bits per heavy atom. The van der Waals surface area contributed by atoms with Gasteiger partial charge in [-0.1, -0.05) is 0 Å². The van der Waals surface area contributed by atoms with Crippen LogP contribution in [-0.2, 0) is 15.0 Å². The highest BCUT2D eigenvalue weighted by molar-refractivity contribution is 7.87. The molecule has 2 aliphatic heterocycles. The summed E-state index contributed by atoms with van der Waals surface area (Å²) in [5.74, 6) is -0.104. The van der Waals surface area contributed by atoms with Crippen molar-refractivity contribution in [1.82, 2.24) is 19.7 Å². The van der Waals surface area contributed by atoms with Crippen LogP contribution in [-0.4, -0.2) is 57.4 Å². The van der Waals surface area contributed by atoms with Crippen molar-refractivity contribution in [3.8, 4) is 0 Å². The van der Waals surface area contributed by atoms with Crippen molar-refractivity contribution in [3.05, 3.63) is 0 Å². The average molecular weight is 248 g/mol. The summed E-state index contributed by atoms with van der Waals surface area (Å²) < 4.78 is 27.7. The highest BCUT2D eigenvalue weighted by Crippen LogP contribution is 2.05. The Morgan fingerprint density at radius 3 is 2.56 bits per heavy atom. The van der Waals surface area contributed by atoms with Crippen LogP contribution < -0.4 is 15.4 Å². The van der Waals surface area contributed by atoms with Crippen LogP contribution in [0.4, 0.5) is 0 Å². The topological polar surface area (TPSA) is 90.5 Å². The smallest absolute Gasteiger partial charge is 0.279 e. The van der Waals surface area contributed by atoms with Crippen LogP contribution in [0.1, 0.15) is 6.42 Å². The molecule has 8 heteroatoms. The Bertz CT molecular complexity index is 363. The number of carbonyl (C=O) groups is 1. The van der Waals surface area contributed by atoms with Crippen LogP contribution >= 0.6 is 0 Å². The van der Waals surface area contributed by atoms with E-state index in [4.69, 9.17) is 0 Å². The minimum absolute atomic E-state index is 0.104. The summed E-state index contributed by atoms with van der Waals surface area (Å²) in [6, 6.07) is -0.313. The van der Waals surface area contributed by atoms with Gasteiger partial charge in [-0.05, 0) is 0 Å². The Hall–Kier alpha value is -0.700. The van der Waals surface area contributed by atoms with E-state index < -0.39 is 10.2 Å². The van der Waals surface area contributed by atoms with Crippen molar-refractivity contribution in [2.24, 2.45) is 0 Å². The molecule has 2 fully saturated rings. The van der Waals surface area contributed by atoms with Crippen molar-refractivity contribution in [2.75, 3.05) is 32.7 Å². The summed E-state index contributed by atoms with van der Waals surface area (Å²) in [5, 5.41) is 5.69. The molecule has 1 amide bonds. The molecule has 0 aromatic carbocycles. The predicted octanol–water partition coefficient (Wildman–Crippen LogP) is -2.39. The molecule has 0 aromatic heterocycles. The molecule has 1 atom stereocenters. The van der Waals surface area contributed by atoms with E-state index in [9.17, 15) is 13.2 Å². The van der Waals surface area contributed by atoms with Gasteiger partial charge in [0.05, 0.1) is 0 Å². The molecule has 92 valence electrons. The molecule has 2 saturated heterocycles. The number of hydrogen-bond donors (Lipinski definition) is 3. The standard InChI is InChI=1S/C8H16N4O3S/c13-8-5-7(6-10-8)11-16(14,15)12-3-1-9-2-4-12/h7,9,11H,1-6H2,(H,10,13). The number of nitrogens with zero attached hydrogens (tertiary/aromatic N) is 1. The largest absolute Gasteiger partial charge is 0.354 e. The number of nitrogens with one attached hydrogen (secondary N) is 3. The lowest BCUT2D eigenvalue weighted by Crippen LogP contribution is -2.52. The molecule has 3 N–H and O–H groups in total. The molecule has 0 bridgehead atoms. The van der Waals surface area contributed by atoms with E-state index in [0.29, 0.717) is 32.7 Å². The molecule has 2 heterocycles. The van der Waals surface area contributed by atoms with E-state index in [1.54, 1.807) is 0 Å². The van der Waals surface area contributed by atoms with Crippen LogP contribution in [0.5, 0.6) is 0 Å². The minimum atomic E-state index is -3.44. The molecular weight excluding hydrogens is 232 g/mol. The summed E-state index contributed by atoms with van der Waals surface area (Å²) in [4.78, 5) is 10.9. The molecule has 2 rings (SSSR count). The zero-order chi connectivity index (χ0) is 11.6. The van der Waals surface area contributed by atoms with E-state index in [-0.39, 0.29) is 18.4 Å². The summed E-state index contributed by atoms with van der Waals surface area (Å²) in [5.41, 5.74) is 0. The first-order chi connectivity index (χ1) is 7.58. The number of piperazine rings is 1. The number of rotatable bonds is 3. The van der Waals surface area contributed by atoms with Gasteiger partial charge in [-0.15, -0.1) is 0 Å². The van der Waals surface area contributed by atoms with E-state index in [2.05, 4.69) is 15.4 Å². The molecule has 7 nitrogen and oxygen atoms in total. The van der Waals surface area contributed by atoms with Gasteiger partial charge in [0.25, 0.3) is 10.2 Å². The van der Waals surface area contributed by atoms with E-state index in [1.165, 1.54) is 4.31 Å². The third-order valence-electron chi connectivity index (χ3n) is 2.71. The van der Waals surface area contributed by atoms with Gasteiger partial charge in [0.1, 0.15) is 0 Å².